The molecule has 2 fully saturated rings. The molecule has 16 heavy (non-hydrogen) atoms. The first kappa shape index (κ1) is 10.3. The Morgan fingerprint density at radius 2 is 1.94 bits per heavy atom. The monoisotopic (exact) mass is 217 g/mol. The lowest BCUT2D eigenvalue weighted by Crippen LogP contribution is -2.45. The SMILES string of the molecule is OC1(c2ccccc2)CCN2CCCCC21. The number of hydrogen-bond donors (Lipinski definition) is 1. The van der Waals surface area contributed by atoms with Crippen LogP contribution in [0.15, 0.2) is 30.3 Å². The van der Waals surface area contributed by atoms with Crippen LogP contribution in [0.2, 0.25) is 0 Å². The van der Waals surface area contributed by atoms with E-state index >= 15 is 0 Å². The molecule has 3 rings (SSSR count). The van der Waals surface area contributed by atoms with Gasteiger partial charge in [-0.15, -0.1) is 0 Å². The molecular weight excluding hydrogens is 198 g/mol. The summed E-state index contributed by atoms with van der Waals surface area (Å²) in [6, 6.07) is 10.6. The second kappa shape index (κ2) is 3.86. The van der Waals surface area contributed by atoms with Gasteiger partial charge in [0.05, 0.1) is 0 Å². The summed E-state index contributed by atoms with van der Waals surface area (Å²) in [6.07, 6.45) is 4.59. The molecule has 0 saturated carbocycles. The highest BCUT2D eigenvalue weighted by Crippen LogP contribution is 2.41. The van der Waals surface area contributed by atoms with Crippen molar-refractivity contribution in [3.63, 3.8) is 0 Å². The fourth-order valence-corrected chi connectivity index (χ4v) is 3.34. The molecule has 0 amide bonds. The van der Waals surface area contributed by atoms with Crippen LogP contribution in [0.4, 0.5) is 0 Å². The van der Waals surface area contributed by atoms with Crippen LogP contribution in [0.25, 0.3) is 0 Å². The molecular formula is C14H19NO. The normalized spacial score (nSPS) is 34.9. The molecule has 86 valence electrons. The van der Waals surface area contributed by atoms with Crippen molar-refractivity contribution < 1.29 is 5.11 Å². The zero-order chi connectivity index (χ0) is 11.0. The Bertz CT molecular complexity index is 364. The molecule has 2 unspecified atom stereocenters. The topological polar surface area (TPSA) is 23.5 Å². The molecule has 0 radical (unpaired) electrons. The third kappa shape index (κ3) is 1.48. The summed E-state index contributed by atoms with van der Waals surface area (Å²) in [6.45, 7) is 2.22. The molecule has 2 heteroatoms. The molecule has 2 atom stereocenters. The van der Waals surface area contributed by atoms with Crippen molar-refractivity contribution in [2.45, 2.75) is 37.3 Å². The number of aliphatic hydroxyl groups is 1. The van der Waals surface area contributed by atoms with Gasteiger partial charge in [-0.25, -0.2) is 0 Å². The lowest BCUT2D eigenvalue weighted by molar-refractivity contribution is -0.0138. The molecule has 2 aliphatic rings. The Balaban J connectivity index is 1.93. The van der Waals surface area contributed by atoms with Crippen LogP contribution >= 0.6 is 0 Å². The van der Waals surface area contributed by atoms with E-state index in [9.17, 15) is 5.11 Å². The number of piperidine rings is 1. The summed E-state index contributed by atoms with van der Waals surface area (Å²) >= 11 is 0. The molecule has 1 aromatic rings. The minimum absolute atomic E-state index is 0.351. The standard InChI is InChI=1S/C14H19NO/c16-14(12-6-2-1-3-7-12)9-11-15-10-5-4-8-13(14)15/h1-3,6-7,13,16H,4-5,8-11H2. The first-order valence-electron chi connectivity index (χ1n) is 6.33. The molecule has 2 aliphatic heterocycles. The Morgan fingerprint density at radius 1 is 1.12 bits per heavy atom. The number of benzene rings is 1. The molecule has 2 heterocycles. The maximum Gasteiger partial charge on any atom is 0.106 e. The van der Waals surface area contributed by atoms with Crippen LogP contribution in [-0.2, 0) is 5.60 Å². The summed E-state index contributed by atoms with van der Waals surface area (Å²) in [7, 11) is 0. The number of rotatable bonds is 1. The molecule has 0 aliphatic carbocycles. The summed E-state index contributed by atoms with van der Waals surface area (Å²) in [5.41, 5.74) is 0.506. The van der Waals surface area contributed by atoms with Crippen LogP contribution in [0.3, 0.4) is 0 Å². The molecule has 2 saturated heterocycles. The Morgan fingerprint density at radius 3 is 2.75 bits per heavy atom. The van der Waals surface area contributed by atoms with Crippen LogP contribution in [-0.4, -0.2) is 29.1 Å². The van der Waals surface area contributed by atoms with E-state index in [0.29, 0.717) is 6.04 Å². The fourth-order valence-electron chi connectivity index (χ4n) is 3.34. The van der Waals surface area contributed by atoms with Crippen molar-refractivity contribution in [1.29, 1.82) is 0 Å². The van der Waals surface area contributed by atoms with Crippen LogP contribution in [0.1, 0.15) is 31.2 Å². The van der Waals surface area contributed by atoms with E-state index in [4.69, 9.17) is 0 Å². The van der Waals surface area contributed by atoms with Gasteiger partial charge in [0.25, 0.3) is 0 Å². The van der Waals surface area contributed by atoms with Crippen molar-refractivity contribution >= 4 is 0 Å². The summed E-state index contributed by atoms with van der Waals surface area (Å²) in [4.78, 5) is 2.47. The van der Waals surface area contributed by atoms with Gasteiger partial charge < -0.3 is 5.11 Å². The van der Waals surface area contributed by atoms with E-state index in [0.717, 1.165) is 24.9 Å². The second-order valence-electron chi connectivity index (χ2n) is 5.09. The Kier molecular flexibility index (Phi) is 2.49. The smallest absolute Gasteiger partial charge is 0.106 e. The Labute approximate surface area is 96.9 Å². The third-order valence-electron chi connectivity index (χ3n) is 4.22. The first-order chi connectivity index (χ1) is 7.81. The van der Waals surface area contributed by atoms with Gasteiger partial charge in [-0.05, 0) is 31.4 Å². The molecule has 1 N–H and O–H groups in total. The van der Waals surface area contributed by atoms with Crippen molar-refractivity contribution in [3.05, 3.63) is 35.9 Å². The van der Waals surface area contributed by atoms with Crippen molar-refractivity contribution in [1.82, 2.24) is 4.90 Å². The van der Waals surface area contributed by atoms with Gasteiger partial charge in [0.15, 0.2) is 0 Å². The van der Waals surface area contributed by atoms with E-state index in [1.807, 2.05) is 18.2 Å². The van der Waals surface area contributed by atoms with Gasteiger partial charge in [-0.1, -0.05) is 36.8 Å². The van der Waals surface area contributed by atoms with Crippen LogP contribution < -0.4 is 0 Å². The summed E-state index contributed by atoms with van der Waals surface area (Å²) < 4.78 is 0. The first-order valence-corrected chi connectivity index (χ1v) is 6.33. The number of nitrogens with zero attached hydrogens (tertiary/aromatic N) is 1. The number of hydrogen-bond acceptors (Lipinski definition) is 2. The summed E-state index contributed by atoms with van der Waals surface area (Å²) in [5.74, 6) is 0. The molecule has 0 aromatic heterocycles. The van der Waals surface area contributed by atoms with Crippen molar-refractivity contribution in [2.75, 3.05) is 13.1 Å². The second-order valence-corrected chi connectivity index (χ2v) is 5.09. The van der Waals surface area contributed by atoms with Gasteiger partial charge in [-0.3, -0.25) is 4.90 Å². The average molecular weight is 217 g/mol. The lowest BCUT2D eigenvalue weighted by atomic mass is 9.83. The lowest BCUT2D eigenvalue weighted by Gasteiger charge is -2.37. The van der Waals surface area contributed by atoms with E-state index in [1.165, 1.54) is 19.4 Å². The van der Waals surface area contributed by atoms with Gasteiger partial charge in [0.2, 0.25) is 0 Å². The zero-order valence-corrected chi connectivity index (χ0v) is 9.60. The average Bonchev–Trinajstić information content (AvgIpc) is 2.71. The Hall–Kier alpha value is -0.860. The maximum atomic E-state index is 10.9. The highest BCUT2D eigenvalue weighted by Gasteiger charge is 2.47. The molecule has 2 nitrogen and oxygen atoms in total. The van der Waals surface area contributed by atoms with E-state index in [1.54, 1.807) is 0 Å². The molecule has 1 aromatic carbocycles. The van der Waals surface area contributed by atoms with Gasteiger partial charge >= 0.3 is 0 Å². The van der Waals surface area contributed by atoms with Gasteiger partial charge in [0, 0.05) is 12.6 Å². The maximum absolute atomic E-state index is 10.9. The molecule has 0 spiro atoms. The van der Waals surface area contributed by atoms with E-state index in [-0.39, 0.29) is 0 Å². The van der Waals surface area contributed by atoms with Crippen molar-refractivity contribution in [3.8, 4) is 0 Å². The molecule has 0 bridgehead atoms. The van der Waals surface area contributed by atoms with E-state index in [2.05, 4.69) is 17.0 Å². The van der Waals surface area contributed by atoms with E-state index < -0.39 is 5.60 Å². The predicted molar refractivity (Wildman–Crippen MR) is 64.2 cm³/mol. The zero-order valence-electron chi connectivity index (χ0n) is 9.60. The van der Waals surface area contributed by atoms with Crippen molar-refractivity contribution in [2.24, 2.45) is 0 Å². The highest BCUT2D eigenvalue weighted by molar-refractivity contribution is 5.26. The quantitative estimate of drug-likeness (QED) is 0.779. The minimum atomic E-state index is -0.596. The van der Waals surface area contributed by atoms with Crippen LogP contribution in [0.5, 0.6) is 0 Å². The summed E-state index contributed by atoms with van der Waals surface area (Å²) in [5, 5.41) is 10.9. The van der Waals surface area contributed by atoms with Gasteiger partial charge in [-0.2, -0.15) is 0 Å². The minimum Gasteiger partial charge on any atom is -0.383 e. The van der Waals surface area contributed by atoms with Crippen LogP contribution in [0, 0.1) is 0 Å². The third-order valence-corrected chi connectivity index (χ3v) is 4.22. The van der Waals surface area contributed by atoms with Gasteiger partial charge in [0.1, 0.15) is 5.60 Å². The fraction of sp³-hybridized carbons (Fsp3) is 0.571. The predicted octanol–water partition coefficient (Wildman–Crippen LogP) is 2.13. The number of fused-ring (bicyclic) bond motifs is 1. The largest absolute Gasteiger partial charge is 0.383 e. The highest BCUT2D eigenvalue weighted by atomic mass is 16.3.